The zero-order valence-corrected chi connectivity index (χ0v) is 22.8. The van der Waals surface area contributed by atoms with Crippen LogP contribution >= 0.6 is 11.6 Å². The van der Waals surface area contributed by atoms with Crippen LogP contribution in [0.4, 0.5) is 32.1 Å². The van der Waals surface area contributed by atoms with Gasteiger partial charge in [-0.2, -0.15) is 0 Å². The van der Waals surface area contributed by atoms with Crippen LogP contribution in [0, 0.1) is 5.82 Å². The largest absolute Gasteiger partial charge is 0.379 e. The predicted octanol–water partition coefficient (Wildman–Crippen LogP) is 5.29. The molecule has 2 aliphatic carbocycles. The second kappa shape index (κ2) is 11.6. The number of carbonyl (C=O) groups excluding carboxylic acids is 2. The molecule has 0 atom stereocenters. The van der Waals surface area contributed by atoms with Crippen molar-refractivity contribution in [2.24, 2.45) is 0 Å². The van der Waals surface area contributed by atoms with Gasteiger partial charge in [0.05, 0.1) is 23.8 Å². The van der Waals surface area contributed by atoms with Crippen LogP contribution in [0.25, 0.3) is 5.65 Å². The van der Waals surface area contributed by atoms with E-state index in [2.05, 4.69) is 41.7 Å². The highest BCUT2D eigenvalue weighted by molar-refractivity contribution is 6.30. The van der Waals surface area contributed by atoms with Gasteiger partial charge in [-0.05, 0) is 62.8 Å². The molecule has 41 heavy (non-hydrogen) atoms. The molecule has 11 nitrogen and oxygen atoms in total. The number of benzene rings is 1. The van der Waals surface area contributed by atoms with E-state index in [1.54, 1.807) is 24.3 Å². The molecule has 0 saturated heterocycles. The van der Waals surface area contributed by atoms with E-state index in [0.29, 0.717) is 28.2 Å². The molecule has 2 saturated carbocycles. The molecule has 0 spiro atoms. The van der Waals surface area contributed by atoms with Crippen LogP contribution in [0.2, 0.25) is 5.02 Å². The van der Waals surface area contributed by atoms with Crippen LogP contribution in [0.1, 0.15) is 49.0 Å². The highest BCUT2D eigenvalue weighted by Gasteiger charge is 2.26. The van der Waals surface area contributed by atoms with Crippen molar-refractivity contribution in [2.75, 3.05) is 21.3 Å². The van der Waals surface area contributed by atoms with Crippen molar-refractivity contribution < 1.29 is 14.0 Å². The van der Waals surface area contributed by atoms with Crippen molar-refractivity contribution in [3.05, 3.63) is 71.5 Å². The molecule has 6 rings (SSSR count). The summed E-state index contributed by atoms with van der Waals surface area (Å²) in [5, 5.41) is 20.6. The van der Waals surface area contributed by atoms with E-state index < -0.39 is 11.7 Å². The number of aromatic nitrogens is 4. The van der Waals surface area contributed by atoms with Crippen LogP contribution in [0.5, 0.6) is 0 Å². The smallest absolute Gasteiger partial charge is 0.319 e. The predicted molar refractivity (Wildman–Crippen MR) is 155 cm³/mol. The van der Waals surface area contributed by atoms with Gasteiger partial charge in [0.1, 0.15) is 5.82 Å². The van der Waals surface area contributed by atoms with Gasteiger partial charge in [0.2, 0.25) is 0 Å². The Labute approximate surface area is 240 Å². The van der Waals surface area contributed by atoms with Crippen LogP contribution < -0.4 is 26.6 Å². The van der Waals surface area contributed by atoms with E-state index in [4.69, 9.17) is 11.6 Å². The molecule has 212 valence electrons. The third-order valence-corrected chi connectivity index (χ3v) is 7.39. The molecule has 2 aliphatic rings. The normalized spacial score (nSPS) is 18.5. The minimum absolute atomic E-state index is 0.0252. The van der Waals surface area contributed by atoms with Crippen LogP contribution in [0.15, 0.2) is 55.0 Å². The minimum Gasteiger partial charge on any atom is -0.379 e. The zero-order chi connectivity index (χ0) is 28.3. The molecule has 0 radical (unpaired) electrons. The summed E-state index contributed by atoms with van der Waals surface area (Å²) in [4.78, 5) is 33.7. The summed E-state index contributed by atoms with van der Waals surface area (Å²) in [5.74, 6) is -0.571. The third-order valence-electron chi connectivity index (χ3n) is 7.15. The van der Waals surface area contributed by atoms with Gasteiger partial charge in [-0.25, -0.2) is 18.7 Å². The molecular formula is C28H29ClFN9O2. The number of halogens is 2. The SMILES string of the molecule is O=C(Nc1cccc(Cl)c1)N[C@H]1CC[C@H](Nc2cc(NC3CC3)c3ncc(C(=O)Nc4ccncc4F)n3n2)CC1. The fourth-order valence-electron chi connectivity index (χ4n) is 4.92. The molecule has 13 heteroatoms. The Morgan fingerprint density at radius 1 is 0.902 bits per heavy atom. The summed E-state index contributed by atoms with van der Waals surface area (Å²) < 4.78 is 15.6. The van der Waals surface area contributed by atoms with Gasteiger partial charge in [0.15, 0.2) is 17.2 Å². The van der Waals surface area contributed by atoms with Crippen molar-refractivity contribution in [1.29, 1.82) is 0 Å². The fraction of sp³-hybridized carbons (Fsp3) is 0.321. The molecule has 3 heterocycles. The average molecular weight is 578 g/mol. The van der Waals surface area contributed by atoms with Gasteiger partial charge < -0.3 is 26.6 Å². The van der Waals surface area contributed by atoms with Gasteiger partial charge in [0.25, 0.3) is 5.91 Å². The molecule has 0 bridgehead atoms. The highest BCUT2D eigenvalue weighted by Crippen LogP contribution is 2.30. The number of hydrogen-bond donors (Lipinski definition) is 5. The molecule has 0 unspecified atom stereocenters. The number of imidazole rings is 1. The number of carbonyl (C=O) groups is 2. The van der Waals surface area contributed by atoms with Crippen molar-refractivity contribution in [3.63, 3.8) is 0 Å². The summed E-state index contributed by atoms with van der Waals surface area (Å²) in [6, 6.07) is 10.6. The Balaban J connectivity index is 1.12. The van der Waals surface area contributed by atoms with E-state index in [1.807, 2.05) is 6.07 Å². The fourth-order valence-corrected chi connectivity index (χ4v) is 5.11. The minimum atomic E-state index is -0.631. The standard InChI is InChI=1S/C28H29ClFN9O2/c29-16-2-1-3-20(12-16)36-28(41)35-19-8-6-18(7-9-19)34-25-13-23(33-17-4-5-17)26-32-15-24(39(26)38-25)27(40)37-22-10-11-31-14-21(22)30/h1-3,10-15,17-19,33H,4-9H2,(H,34,38)(H,31,37,40)(H2,35,36,41)/t18-,19-. The van der Waals surface area contributed by atoms with Gasteiger partial charge in [0, 0.05) is 41.1 Å². The lowest BCUT2D eigenvalue weighted by Gasteiger charge is -2.30. The lowest BCUT2D eigenvalue weighted by atomic mass is 9.91. The molecular weight excluding hydrogens is 549 g/mol. The zero-order valence-electron chi connectivity index (χ0n) is 22.0. The molecule has 0 aliphatic heterocycles. The molecule has 2 fully saturated rings. The summed E-state index contributed by atoms with van der Waals surface area (Å²) in [5.41, 5.74) is 2.13. The molecule has 3 aromatic heterocycles. The van der Waals surface area contributed by atoms with E-state index in [0.717, 1.165) is 50.4 Å². The van der Waals surface area contributed by atoms with Crippen LogP contribution in [0.3, 0.4) is 0 Å². The first-order valence-corrected chi connectivity index (χ1v) is 13.9. The second-order valence-corrected chi connectivity index (χ2v) is 10.8. The first-order chi connectivity index (χ1) is 19.9. The van der Waals surface area contributed by atoms with E-state index in [9.17, 15) is 14.0 Å². The van der Waals surface area contributed by atoms with Crippen molar-refractivity contribution in [1.82, 2.24) is 24.9 Å². The average Bonchev–Trinajstić information content (AvgIpc) is 3.66. The van der Waals surface area contributed by atoms with E-state index in [-0.39, 0.29) is 29.5 Å². The Hall–Kier alpha value is -4.45. The number of anilines is 4. The maximum atomic E-state index is 14.1. The lowest BCUT2D eigenvalue weighted by Crippen LogP contribution is -2.42. The van der Waals surface area contributed by atoms with Crippen LogP contribution in [-0.2, 0) is 0 Å². The Morgan fingerprint density at radius 2 is 1.66 bits per heavy atom. The van der Waals surface area contributed by atoms with Gasteiger partial charge in [-0.15, -0.1) is 5.10 Å². The van der Waals surface area contributed by atoms with E-state index in [1.165, 1.54) is 23.0 Å². The Morgan fingerprint density at radius 3 is 2.41 bits per heavy atom. The third kappa shape index (κ3) is 6.49. The number of urea groups is 1. The van der Waals surface area contributed by atoms with E-state index >= 15 is 0 Å². The maximum Gasteiger partial charge on any atom is 0.319 e. The van der Waals surface area contributed by atoms with Crippen molar-refractivity contribution >= 4 is 52.1 Å². The molecule has 4 aromatic rings. The number of fused-ring (bicyclic) bond motifs is 1. The van der Waals surface area contributed by atoms with Gasteiger partial charge in [-0.3, -0.25) is 9.78 Å². The Bertz CT molecular complexity index is 1580. The number of nitrogens with zero attached hydrogens (tertiary/aromatic N) is 4. The number of hydrogen-bond acceptors (Lipinski definition) is 7. The van der Waals surface area contributed by atoms with Crippen molar-refractivity contribution in [3.8, 4) is 0 Å². The lowest BCUT2D eigenvalue weighted by molar-refractivity contribution is 0.102. The van der Waals surface area contributed by atoms with Crippen molar-refractivity contribution in [2.45, 2.75) is 56.7 Å². The number of pyridine rings is 1. The molecule has 3 amide bonds. The van der Waals surface area contributed by atoms with Gasteiger partial charge >= 0.3 is 6.03 Å². The topological polar surface area (TPSA) is 137 Å². The summed E-state index contributed by atoms with van der Waals surface area (Å²) in [6.45, 7) is 0. The first kappa shape index (κ1) is 26.8. The molecule has 1 aromatic carbocycles. The maximum absolute atomic E-state index is 14.1. The number of rotatable bonds is 8. The summed E-state index contributed by atoms with van der Waals surface area (Å²) in [6.07, 6.45) is 9.25. The second-order valence-electron chi connectivity index (χ2n) is 10.4. The Kier molecular flexibility index (Phi) is 7.55. The quantitative estimate of drug-likeness (QED) is 0.192. The first-order valence-electron chi connectivity index (χ1n) is 13.6. The monoisotopic (exact) mass is 577 g/mol. The summed E-state index contributed by atoms with van der Waals surface area (Å²) in [7, 11) is 0. The number of amides is 3. The summed E-state index contributed by atoms with van der Waals surface area (Å²) >= 11 is 6.00. The number of nitrogens with one attached hydrogen (secondary N) is 5. The van der Waals surface area contributed by atoms with Crippen LogP contribution in [-0.4, -0.2) is 49.6 Å². The highest BCUT2D eigenvalue weighted by atomic mass is 35.5. The van der Waals surface area contributed by atoms with Gasteiger partial charge in [-0.1, -0.05) is 17.7 Å². The molecule has 5 N–H and O–H groups in total.